The molecule has 3 aromatic rings. The number of nitrogens with one attached hydrogen (secondary N) is 2. The largest absolute Gasteiger partial charge is 0.493 e. The number of carbonyl (C=O) groups is 4. The zero-order valence-corrected chi connectivity index (χ0v) is 23.4. The third-order valence-corrected chi connectivity index (χ3v) is 6.63. The standard InChI is InChI=1S/C27H21Br2N3O6/c1-15-5-3-4-6-21(15)30-23(33)14-38-24-20(29)12-16(13-22(24)37-2)11-19-25(34)31-27(36)32(26(19)35)18-9-7-17(28)8-10-18/h3-13H,14H2,1-2H3,(H,30,33)(H,31,34,36)/b19-11+. The third kappa shape index (κ3) is 5.95. The molecule has 9 nitrogen and oxygen atoms in total. The van der Waals surface area contributed by atoms with Crippen LogP contribution in [0.5, 0.6) is 11.5 Å². The lowest BCUT2D eigenvalue weighted by molar-refractivity contribution is -0.122. The molecule has 0 saturated carbocycles. The number of anilines is 2. The minimum atomic E-state index is -0.842. The number of hydrogen-bond donors (Lipinski definition) is 2. The van der Waals surface area contributed by atoms with Crippen LogP contribution in [0.15, 0.2) is 75.2 Å². The molecule has 1 heterocycles. The molecule has 3 aromatic carbocycles. The first kappa shape index (κ1) is 27.1. The van der Waals surface area contributed by atoms with Gasteiger partial charge in [0.2, 0.25) is 0 Å². The Morgan fingerprint density at radius 1 is 1.05 bits per heavy atom. The van der Waals surface area contributed by atoms with Gasteiger partial charge in [0.1, 0.15) is 5.57 Å². The van der Waals surface area contributed by atoms with Crippen molar-refractivity contribution in [2.75, 3.05) is 23.9 Å². The van der Waals surface area contributed by atoms with E-state index >= 15 is 0 Å². The van der Waals surface area contributed by atoms with Crippen LogP contribution < -0.4 is 25.0 Å². The van der Waals surface area contributed by atoms with Crippen LogP contribution in [0.3, 0.4) is 0 Å². The van der Waals surface area contributed by atoms with E-state index in [1.54, 1.807) is 42.5 Å². The molecule has 0 unspecified atom stereocenters. The van der Waals surface area contributed by atoms with Crippen molar-refractivity contribution in [2.24, 2.45) is 0 Å². The van der Waals surface area contributed by atoms with E-state index in [0.717, 1.165) is 14.9 Å². The molecule has 0 bridgehead atoms. The Kier molecular flexibility index (Phi) is 8.28. The Morgan fingerprint density at radius 3 is 2.45 bits per heavy atom. The number of halogens is 2. The maximum absolute atomic E-state index is 13.1. The van der Waals surface area contributed by atoms with Crippen molar-refractivity contribution in [3.05, 3.63) is 86.3 Å². The second-order valence-corrected chi connectivity index (χ2v) is 9.89. The molecule has 38 heavy (non-hydrogen) atoms. The van der Waals surface area contributed by atoms with Gasteiger partial charge in [-0.15, -0.1) is 0 Å². The van der Waals surface area contributed by atoms with Crippen LogP contribution in [0.2, 0.25) is 0 Å². The Balaban J connectivity index is 1.56. The highest BCUT2D eigenvalue weighted by molar-refractivity contribution is 9.10. The quantitative estimate of drug-likeness (QED) is 0.270. The summed E-state index contributed by atoms with van der Waals surface area (Å²) in [5.74, 6) is -1.43. The summed E-state index contributed by atoms with van der Waals surface area (Å²) in [6.45, 7) is 1.60. The second kappa shape index (κ2) is 11.6. The molecule has 1 saturated heterocycles. The second-order valence-electron chi connectivity index (χ2n) is 8.12. The zero-order valence-electron chi connectivity index (χ0n) is 20.2. The number of ether oxygens (including phenoxy) is 2. The fourth-order valence-corrected chi connectivity index (χ4v) is 4.49. The Labute approximate surface area is 235 Å². The molecule has 5 amide bonds. The number of carbonyl (C=O) groups excluding carboxylic acids is 4. The van der Waals surface area contributed by atoms with Gasteiger partial charge in [-0.25, -0.2) is 9.69 Å². The zero-order chi connectivity index (χ0) is 27.4. The summed E-state index contributed by atoms with van der Waals surface area (Å²) in [7, 11) is 1.42. The molecule has 194 valence electrons. The molecule has 11 heteroatoms. The van der Waals surface area contributed by atoms with Crippen molar-refractivity contribution in [1.29, 1.82) is 0 Å². The number of urea groups is 1. The minimum absolute atomic E-state index is 0.243. The average Bonchev–Trinajstić information content (AvgIpc) is 2.88. The Morgan fingerprint density at radius 2 is 1.76 bits per heavy atom. The molecule has 2 N–H and O–H groups in total. The summed E-state index contributed by atoms with van der Waals surface area (Å²) in [6, 6.07) is 16.2. The highest BCUT2D eigenvalue weighted by atomic mass is 79.9. The summed E-state index contributed by atoms with van der Waals surface area (Å²) in [4.78, 5) is 51.4. The van der Waals surface area contributed by atoms with Crippen LogP contribution in [0, 0.1) is 6.92 Å². The smallest absolute Gasteiger partial charge is 0.335 e. The van der Waals surface area contributed by atoms with Gasteiger partial charge in [-0.3, -0.25) is 19.7 Å². The van der Waals surface area contributed by atoms with Gasteiger partial charge in [-0.05, 0) is 82.5 Å². The fourth-order valence-electron chi connectivity index (χ4n) is 3.65. The molecule has 0 atom stereocenters. The molecular weight excluding hydrogens is 622 g/mol. The van der Waals surface area contributed by atoms with E-state index in [2.05, 4.69) is 42.5 Å². The van der Waals surface area contributed by atoms with Gasteiger partial charge in [-0.2, -0.15) is 0 Å². The lowest BCUT2D eigenvalue weighted by atomic mass is 10.1. The van der Waals surface area contributed by atoms with Gasteiger partial charge in [0.15, 0.2) is 18.1 Å². The number of rotatable bonds is 7. The SMILES string of the molecule is COc1cc(/C=C2\C(=O)NC(=O)N(c3ccc(Br)cc3)C2=O)cc(Br)c1OCC(=O)Nc1ccccc1C. The number of imide groups is 2. The fraction of sp³-hybridized carbons (Fsp3) is 0.111. The molecular formula is C27H21Br2N3O6. The number of barbiturate groups is 1. The molecule has 1 aliphatic heterocycles. The monoisotopic (exact) mass is 641 g/mol. The number of para-hydroxylation sites is 1. The molecule has 4 rings (SSSR count). The first-order chi connectivity index (χ1) is 18.2. The predicted octanol–water partition coefficient (Wildman–Crippen LogP) is 5.21. The van der Waals surface area contributed by atoms with Gasteiger partial charge in [0, 0.05) is 10.2 Å². The number of methoxy groups -OCH3 is 1. The topological polar surface area (TPSA) is 114 Å². The van der Waals surface area contributed by atoms with Gasteiger partial charge in [0.25, 0.3) is 17.7 Å². The van der Waals surface area contributed by atoms with Crippen LogP contribution in [-0.2, 0) is 14.4 Å². The highest BCUT2D eigenvalue weighted by Crippen LogP contribution is 2.37. The van der Waals surface area contributed by atoms with E-state index in [-0.39, 0.29) is 29.6 Å². The van der Waals surface area contributed by atoms with Crippen molar-refractivity contribution >= 4 is 73.1 Å². The molecule has 0 aromatic heterocycles. The van der Waals surface area contributed by atoms with E-state index in [0.29, 0.717) is 21.4 Å². The van der Waals surface area contributed by atoms with Gasteiger partial charge < -0.3 is 14.8 Å². The molecule has 1 fully saturated rings. The van der Waals surface area contributed by atoms with E-state index < -0.39 is 17.8 Å². The number of amides is 5. The maximum Gasteiger partial charge on any atom is 0.335 e. The third-order valence-electron chi connectivity index (χ3n) is 5.52. The van der Waals surface area contributed by atoms with E-state index in [4.69, 9.17) is 9.47 Å². The van der Waals surface area contributed by atoms with E-state index in [9.17, 15) is 19.2 Å². The predicted molar refractivity (Wildman–Crippen MR) is 149 cm³/mol. The summed E-state index contributed by atoms with van der Waals surface area (Å²) in [6.07, 6.45) is 1.35. The summed E-state index contributed by atoms with van der Waals surface area (Å²) in [5.41, 5.74) is 2.08. The van der Waals surface area contributed by atoms with Crippen LogP contribution in [0.25, 0.3) is 6.08 Å². The molecule has 0 radical (unpaired) electrons. The molecule has 1 aliphatic rings. The average molecular weight is 643 g/mol. The van der Waals surface area contributed by atoms with E-state index in [1.165, 1.54) is 13.2 Å². The van der Waals surface area contributed by atoms with Crippen molar-refractivity contribution < 1.29 is 28.7 Å². The highest BCUT2D eigenvalue weighted by Gasteiger charge is 2.36. The van der Waals surface area contributed by atoms with E-state index in [1.807, 2.05) is 25.1 Å². The van der Waals surface area contributed by atoms with Crippen LogP contribution in [0.1, 0.15) is 11.1 Å². The molecule has 0 aliphatic carbocycles. The maximum atomic E-state index is 13.1. The van der Waals surface area contributed by atoms with Crippen molar-refractivity contribution in [1.82, 2.24) is 5.32 Å². The van der Waals surface area contributed by atoms with Gasteiger partial charge in [-0.1, -0.05) is 34.1 Å². The Hall–Kier alpha value is -3.96. The van der Waals surface area contributed by atoms with Crippen molar-refractivity contribution in [3.8, 4) is 11.5 Å². The summed E-state index contributed by atoms with van der Waals surface area (Å²) < 4.78 is 12.3. The Bertz CT molecular complexity index is 1470. The van der Waals surface area contributed by atoms with Crippen LogP contribution in [-0.4, -0.2) is 37.5 Å². The summed E-state index contributed by atoms with van der Waals surface area (Å²) in [5, 5.41) is 4.98. The van der Waals surface area contributed by atoms with Gasteiger partial charge >= 0.3 is 6.03 Å². The number of aryl methyl sites for hydroxylation is 1. The lowest BCUT2D eigenvalue weighted by Gasteiger charge is -2.26. The van der Waals surface area contributed by atoms with Crippen LogP contribution >= 0.6 is 31.9 Å². The normalized spacial score (nSPS) is 14.4. The van der Waals surface area contributed by atoms with Crippen LogP contribution in [0.4, 0.5) is 16.2 Å². The molecule has 0 spiro atoms. The first-order valence-corrected chi connectivity index (χ1v) is 12.8. The van der Waals surface area contributed by atoms with Crippen molar-refractivity contribution in [2.45, 2.75) is 6.92 Å². The first-order valence-electron chi connectivity index (χ1n) is 11.2. The number of hydrogen-bond acceptors (Lipinski definition) is 6. The van der Waals surface area contributed by atoms with Gasteiger partial charge in [0.05, 0.1) is 17.3 Å². The van der Waals surface area contributed by atoms with Crippen molar-refractivity contribution in [3.63, 3.8) is 0 Å². The lowest BCUT2D eigenvalue weighted by Crippen LogP contribution is -2.54. The minimum Gasteiger partial charge on any atom is -0.493 e. The summed E-state index contributed by atoms with van der Waals surface area (Å²) >= 11 is 6.72. The number of benzene rings is 3. The number of nitrogens with zero attached hydrogens (tertiary/aromatic N) is 1.